The highest BCUT2D eigenvalue weighted by Gasteiger charge is 2.15. The number of nitrogens with zero attached hydrogens (tertiary/aromatic N) is 1. The highest BCUT2D eigenvalue weighted by Crippen LogP contribution is 2.28. The summed E-state index contributed by atoms with van der Waals surface area (Å²) in [4.78, 5) is 27.6. The van der Waals surface area contributed by atoms with Gasteiger partial charge >= 0.3 is 11.9 Å². The zero-order chi connectivity index (χ0) is 19.4. The quantitative estimate of drug-likeness (QED) is 0.556. The Hall–Kier alpha value is -3.41. The molecule has 0 saturated carbocycles. The molecule has 1 heterocycles. The molecule has 138 valence electrons. The number of amides is 1. The van der Waals surface area contributed by atoms with E-state index < -0.39 is 11.9 Å². The number of hydrogen-bond acceptors (Lipinski definition) is 5. The van der Waals surface area contributed by atoms with Gasteiger partial charge in [-0.2, -0.15) is 0 Å². The first kappa shape index (κ1) is 18.4. The summed E-state index contributed by atoms with van der Waals surface area (Å²) in [7, 11) is 0. The summed E-state index contributed by atoms with van der Waals surface area (Å²) in [5.74, 6) is -1.24. The molecule has 3 aromatic rings. The molecule has 0 aliphatic carbocycles. The summed E-state index contributed by atoms with van der Waals surface area (Å²) in [6.07, 6.45) is 1.63. The first-order chi connectivity index (χ1) is 13.0. The van der Waals surface area contributed by atoms with Gasteiger partial charge in [0.15, 0.2) is 0 Å². The third-order valence-electron chi connectivity index (χ3n) is 4.02. The van der Waals surface area contributed by atoms with Crippen molar-refractivity contribution in [3.8, 4) is 22.7 Å². The topological polar surface area (TPSA) is 81.4 Å². The molecule has 0 aliphatic rings. The highest BCUT2D eigenvalue weighted by atomic mass is 16.5. The Morgan fingerprint density at radius 1 is 1.11 bits per heavy atom. The Kier molecular flexibility index (Phi) is 5.35. The number of carbonyl (C=O) groups is 2. The molecule has 0 saturated heterocycles. The van der Waals surface area contributed by atoms with E-state index in [-0.39, 0.29) is 6.61 Å². The molecule has 0 unspecified atom stereocenters. The minimum atomic E-state index is -0.910. The van der Waals surface area contributed by atoms with Gasteiger partial charge < -0.3 is 14.5 Å². The SMILES string of the molecule is CCOC(=O)C(=O)Nc1ccc(-c2nc(-c3cc(C)ccc3C)co2)cc1. The Labute approximate surface area is 157 Å². The summed E-state index contributed by atoms with van der Waals surface area (Å²) in [6, 6.07) is 13.1. The van der Waals surface area contributed by atoms with Gasteiger partial charge in [-0.15, -0.1) is 0 Å². The van der Waals surface area contributed by atoms with Crippen molar-refractivity contribution in [1.82, 2.24) is 4.98 Å². The number of esters is 1. The van der Waals surface area contributed by atoms with Gasteiger partial charge in [0.25, 0.3) is 0 Å². The van der Waals surface area contributed by atoms with E-state index in [4.69, 9.17) is 4.42 Å². The van der Waals surface area contributed by atoms with Crippen LogP contribution in [0.2, 0.25) is 0 Å². The fourth-order valence-corrected chi connectivity index (χ4v) is 2.62. The minimum Gasteiger partial charge on any atom is -0.459 e. The molecule has 1 N–H and O–H groups in total. The molecule has 0 bridgehead atoms. The van der Waals surface area contributed by atoms with Crippen LogP contribution in [0.1, 0.15) is 18.1 Å². The first-order valence-electron chi connectivity index (χ1n) is 8.59. The van der Waals surface area contributed by atoms with Crippen LogP contribution in [-0.4, -0.2) is 23.5 Å². The molecule has 0 radical (unpaired) electrons. The Balaban J connectivity index is 1.76. The van der Waals surface area contributed by atoms with Gasteiger partial charge in [-0.05, 0) is 56.7 Å². The first-order valence-corrected chi connectivity index (χ1v) is 8.59. The summed E-state index contributed by atoms with van der Waals surface area (Å²) in [5, 5.41) is 2.49. The smallest absolute Gasteiger partial charge is 0.397 e. The predicted molar refractivity (Wildman–Crippen MR) is 102 cm³/mol. The number of nitrogens with one attached hydrogen (secondary N) is 1. The molecule has 0 fully saturated rings. The van der Waals surface area contributed by atoms with Crippen LogP contribution in [0, 0.1) is 13.8 Å². The van der Waals surface area contributed by atoms with Crippen LogP contribution in [0.4, 0.5) is 5.69 Å². The van der Waals surface area contributed by atoms with E-state index in [2.05, 4.69) is 33.2 Å². The van der Waals surface area contributed by atoms with Crippen LogP contribution in [0.15, 0.2) is 53.1 Å². The number of hydrogen-bond donors (Lipinski definition) is 1. The largest absolute Gasteiger partial charge is 0.459 e. The summed E-state index contributed by atoms with van der Waals surface area (Å²) in [5.41, 5.74) is 5.33. The molecule has 3 rings (SSSR count). The predicted octanol–water partition coefficient (Wildman–Crippen LogP) is 4.13. The minimum absolute atomic E-state index is 0.151. The van der Waals surface area contributed by atoms with Crippen molar-refractivity contribution in [2.45, 2.75) is 20.8 Å². The van der Waals surface area contributed by atoms with Crippen LogP contribution in [0.3, 0.4) is 0 Å². The van der Waals surface area contributed by atoms with Gasteiger partial charge in [-0.3, -0.25) is 4.79 Å². The fraction of sp³-hybridized carbons (Fsp3) is 0.190. The van der Waals surface area contributed by atoms with Gasteiger partial charge in [0, 0.05) is 16.8 Å². The standard InChI is InChI=1S/C21H20N2O4/c1-4-26-21(25)19(24)22-16-9-7-15(8-10-16)20-23-18(12-27-20)17-11-13(2)5-6-14(17)3/h5-12H,4H2,1-3H3,(H,22,24). The van der Waals surface area contributed by atoms with E-state index in [1.54, 1.807) is 37.5 Å². The zero-order valence-corrected chi connectivity index (χ0v) is 15.4. The number of ether oxygens (including phenoxy) is 1. The summed E-state index contributed by atoms with van der Waals surface area (Å²) < 4.78 is 10.3. The molecule has 1 amide bonds. The van der Waals surface area contributed by atoms with Gasteiger partial charge in [0.1, 0.15) is 12.0 Å². The zero-order valence-electron chi connectivity index (χ0n) is 15.4. The lowest BCUT2D eigenvalue weighted by Gasteiger charge is -2.05. The van der Waals surface area contributed by atoms with Crippen LogP contribution in [0.25, 0.3) is 22.7 Å². The molecular weight excluding hydrogens is 344 g/mol. The second-order valence-corrected chi connectivity index (χ2v) is 6.11. The van der Waals surface area contributed by atoms with Crippen LogP contribution >= 0.6 is 0 Å². The second kappa shape index (κ2) is 7.86. The van der Waals surface area contributed by atoms with E-state index in [0.29, 0.717) is 11.6 Å². The van der Waals surface area contributed by atoms with Crippen LogP contribution in [-0.2, 0) is 14.3 Å². The van der Waals surface area contributed by atoms with Crippen LogP contribution in [0.5, 0.6) is 0 Å². The van der Waals surface area contributed by atoms with Crippen molar-refractivity contribution in [2.24, 2.45) is 0 Å². The highest BCUT2D eigenvalue weighted by molar-refractivity contribution is 6.37. The monoisotopic (exact) mass is 364 g/mol. The number of carbonyl (C=O) groups excluding carboxylic acids is 2. The number of aromatic nitrogens is 1. The molecule has 6 nitrogen and oxygen atoms in total. The molecule has 6 heteroatoms. The third-order valence-corrected chi connectivity index (χ3v) is 4.02. The Bertz CT molecular complexity index is 974. The lowest BCUT2D eigenvalue weighted by Crippen LogP contribution is -2.24. The van der Waals surface area contributed by atoms with Crippen molar-refractivity contribution < 1.29 is 18.7 Å². The van der Waals surface area contributed by atoms with Crippen molar-refractivity contribution in [1.29, 1.82) is 0 Å². The number of benzene rings is 2. The maximum atomic E-state index is 11.7. The van der Waals surface area contributed by atoms with Gasteiger partial charge in [0.2, 0.25) is 5.89 Å². The molecule has 1 aromatic heterocycles. The Morgan fingerprint density at radius 3 is 2.56 bits per heavy atom. The second-order valence-electron chi connectivity index (χ2n) is 6.11. The number of oxazole rings is 1. The van der Waals surface area contributed by atoms with E-state index in [1.807, 2.05) is 13.8 Å². The molecule has 0 spiro atoms. The maximum absolute atomic E-state index is 11.7. The van der Waals surface area contributed by atoms with Crippen molar-refractivity contribution in [3.63, 3.8) is 0 Å². The summed E-state index contributed by atoms with van der Waals surface area (Å²) >= 11 is 0. The maximum Gasteiger partial charge on any atom is 0.397 e. The summed E-state index contributed by atoms with van der Waals surface area (Å²) in [6.45, 7) is 5.86. The van der Waals surface area contributed by atoms with E-state index in [0.717, 1.165) is 27.9 Å². The molecule has 27 heavy (non-hydrogen) atoms. The van der Waals surface area contributed by atoms with Crippen LogP contribution < -0.4 is 5.32 Å². The lowest BCUT2D eigenvalue weighted by molar-refractivity contribution is -0.152. The van der Waals surface area contributed by atoms with Gasteiger partial charge in [-0.1, -0.05) is 17.7 Å². The molecule has 0 atom stereocenters. The van der Waals surface area contributed by atoms with Gasteiger partial charge in [0.05, 0.1) is 6.61 Å². The van der Waals surface area contributed by atoms with Crippen molar-refractivity contribution >= 4 is 17.6 Å². The van der Waals surface area contributed by atoms with Gasteiger partial charge in [-0.25, -0.2) is 9.78 Å². The number of rotatable bonds is 4. The fourth-order valence-electron chi connectivity index (χ4n) is 2.62. The average Bonchev–Trinajstić information content (AvgIpc) is 3.14. The molecular formula is C21H20N2O4. The molecule has 2 aromatic carbocycles. The normalized spacial score (nSPS) is 10.5. The average molecular weight is 364 g/mol. The molecule has 0 aliphatic heterocycles. The van der Waals surface area contributed by atoms with Crippen molar-refractivity contribution in [3.05, 3.63) is 59.9 Å². The lowest BCUT2D eigenvalue weighted by atomic mass is 10.0. The van der Waals surface area contributed by atoms with E-state index >= 15 is 0 Å². The third kappa shape index (κ3) is 4.23. The number of aryl methyl sites for hydroxylation is 2. The number of anilines is 1. The van der Waals surface area contributed by atoms with E-state index in [9.17, 15) is 9.59 Å². The van der Waals surface area contributed by atoms with E-state index in [1.165, 1.54) is 0 Å². The Morgan fingerprint density at radius 2 is 1.85 bits per heavy atom. The van der Waals surface area contributed by atoms with Crippen molar-refractivity contribution in [2.75, 3.05) is 11.9 Å².